The van der Waals surface area contributed by atoms with Gasteiger partial charge >= 0.3 is 6.03 Å². The third-order valence-electron chi connectivity index (χ3n) is 2.74. The number of thiazole rings is 1. The molecule has 0 aliphatic carbocycles. The second kappa shape index (κ2) is 5.24. The summed E-state index contributed by atoms with van der Waals surface area (Å²) in [6.45, 7) is 9.90. The summed E-state index contributed by atoms with van der Waals surface area (Å²) in [6, 6.07) is 1.34. The second-order valence-electron chi connectivity index (χ2n) is 5.57. The highest BCUT2D eigenvalue weighted by atomic mass is 32.1. The first-order chi connectivity index (χ1) is 9.25. The fourth-order valence-corrected chi connectivity index (χ4v) is 2.27. The second-order valence-corrected chi connectivity index (χ2v) is 6.77. The largest absolute Gasteiger partial charge is 0.359 e. The lowest BCUT2D eigenvalue weighted by atomic mass is 9.93. The van der Waals surface area contributed by atoms with E-state index in [4.69, 9.17) is 4.52 Å². The number of nitrogens with one attached hydrogen (secondary N) is 2. The third kappa shape index (κ3) is 3.36. The van der Waals surface area contributed by atoms with Gasteiger partial charge in [-0.05, 0) is 13.8 Å². The molecule has 2 N–H and O–H groups in total. The summed E-state index contributed by atoms with van der Waals surface area (Å²) in [5.74, 6) is 1.10. The molecule has 0 spiro atoms. The Kier molecular flexibility index (Phi) is 3.80. The molecule has 0 unspecified atom stereocenters. The Bertz CT molecular complexity index is 605. The van der Waals surface area contributed by atoms with E-state index in [1.54, 1.807) is 6.07 Å². The van der Waals surface area contributed by atoms with E-state index in [-0.39, 0.29) is 11.4 Å². The van der Waals surface area contributed by atoms with E-state index in [0.717, 1.165) is 10.6 Å². The molecule has 0 fully saturated rings. The Morgan fingerprint density at radius 1 is 1.30 bits per heavy atom. The maximum atomic E-state index is 11.8. The number of nitrogens with zero attached hydrogens (tertiary/aromatic N) is 2. The normalized spacial score (nSPS) is 11.4. The van der Waals surface area contributed by atoms with Crippen LogP contribution >= 0.6 is 11.3 Å². The minimum absolute atomic E-state index is 0.146. The van der Waals surface area contributed by atoms with Crippen LogP contribution in [0, 0.1) is 13.8 Å². The molecule has 0 radical (unpaired) electrons. The third-order valence-corrected chi connectivity index (χ3v) is 3.73. The molecule has 7 heteroatoms. The average Bonchev–Trinajstić information content (AvgIpc) is 2.86. The quantitative estimate of drug-likeness (QED) is 0.885. The fraction of sp³-hybridized carbons (Fsp3) is 0.462. The van der Waals surface area contributed by atoms with E-state index in [0.29, 0.717) is 16.7 Å². The van der Waals surface area contributed by atoms with Crippen LogP contribution in [0.5, 0.6) is 0 Å². The van der Waals surface area contributed by atoms with E-state index in [9.17, 15) is 4.79 Å². The summed E-state index contributed by atoms with van der Waals surface area (Å²) in [6.07, 6.45) is 0. The molecule has 6 nitrogen and oxygen atoms in total. The summed E-state index contributed by atoms with van der Waals surface area (Å²) >= 11 is 1.44. The number of carbonyl (C=O) groups is 1. The summed E-state index contributed by atoms with van der Waals surface area (Å²) in [7, 11) is 0. The summed E-state index contributed by atoms with van der Waals surface area (Å²) in [4.78, 5) is 17.1. The molecule has 2 rings (SSSR count). The molecule has 0 aliphatic heterocycles. The van der Waals surface area contributed by atoms with Crippen molar-refractivity contribution >= 4 is 28.3 Å². The summed E-state index contributed by atoms with van der Waals surface area (Å²) < 4.78 is 5.20. The van der Waals surface area contributed by atoms with E-state index in [1.165, 1.54) is 11.3 Å². The smallest absolute Gasteiger partial charge is 0.326 e. The highest BCUT2D eigenvalue weighted by Gasteiger charge is 2.20. The molecule has 0 saturated carbocycles. The zero-order valence-electron chi connectivity index (χ0n) is 12.2. The molecule has 2 heterocycles. The van der Waals surface area contributed by atoms with Crippen LogP contribution in [0.2, 0.25) is 0 Å². The standard InChI is InChI=1S/C13H18N4O2S/c1-7-8(2)20-12(14-7)16-11(18)15-10-6-9(19-17-10)13(3,4)5/h6H,1-5H3,(H2,14,15,16,17,18). The highest BCUT2D eigenvalue weighted by Crippen LogP contribution is 2.25. The summed E-state index contributed by atoms with van der Waals surface area (Å²) in [5.41, 5.74) is 0.772. The Labute approximate surface area is 121 Å². The van der Waals surface area contributed by atoms with Gasteiger partial charge in [0.2, 0.25) is 0 Å². The van der Waals surface area contributed by atoms with Crippen LogP contribution in [0.15, 0.2) is 10.6 Å². The van der Waals surface area contributed by atoms with Crippen molar-refractivity contribution in [1.29, 1.82) is 0 Å². The molecule has 2 aromatic rings. The number of urea groups is 1. The van der Waals surface area contributed by atoms with Gasteiger partial charge in [0.15, 0.2) is 10.9 Å². The number of amides is 2. The molecule has 2 aromatic heterocycles. The van der Waals surface area contributed by atoms with Crippen molar-refractivity contribution in [2.75, 3.05) is 10.6 Å². The van der Waals surface area contributed by atoms with Crippen molar-refractivity contribution in [2.45, 2.75) is 40.0 Å². The van der Waals surface area contributed by atoms with Crippen molar-refractivity contribution < 1.29 is 9.32 Å². The first kappa shape index (κ1) is 14.5. The van der Waals surface area contributed by atoms with Crippen molar-refractivity contribution in [3.63, 3.8) is 0 Å². The maximum absolute atomic E-state index is 11.8. The lowest BCUT2D eigenvalue weighted by Crippen LogP contribution is -2.19. The monoisotopic (exact) mass is 294 g/mol. The lowest BCUT2D eigenvalue weighted by molar-refractivity contribution is 0.262. The predicted molar refractivity (Wildman–Crippen MR) is 79.4 cm³/mol. The number of carbonyl (C=O) groups excluding carboxylic acids is 1. The Morgan fingerprint density at radius 2 is 2.00 bits per heavy atom. The zero-order chi connectivity index (χ0) is 14.9. The van der Waals surface area contributed by atoms with E-state index in [1.807, 2.05) is 34.6 Å². The van der Waals surface area contributed by atoms with Crippen LogP contribution in [0.25, 0.3) is 0 Å². The van der Waals surface area contributed by atoms with Gasteiger partial charge in [0.1, 0.15) is 5.76 Å². The van der Waals surface area contributed by atoms with Gasteiger partial charge in [-0.2, -0.15) is 0 Å². The van der Waals surface area contributed by atoms with Gasteiger partial charge in [0.25, 0.3) is 0 Å². The minimum atomic E-state index is -0.382. The molecule has 0 atom stereocenters. The van der Waals surface area contributed by atoms with Crippen LogP contribution < -0.4 is 10.6 Å². The highest BCUT2D eigenvalue weighted by molar-refractivity contribution is 7.15. The van der Waals surface area contributed by atoms with E-state index < -0.39 is 0 Å². The molecule has 0 bridgehead atoms. The number of anilines is 2. The molecule has 0 aliphatic rings. The van der Waals surface area contributed by atoms with Gasteiger partial charge < -0.3 is 4.52 Å². The van der Waals surface area contributed by atoms with Gasteiger partial charge in [-0.3, -0.25) is 10.6 Å². The molecule has 0 aromatic carbocycles. The van der Waals surface area contributed by atoms with Gasteiger partial charge in [-0.1, -0.05) is 25.9 Å². The van der Waals surface area contributed by atoms with Crippen molar-refractivity contribution in [3.8, 4) is 0 Å². The van der Waals surface area contributed by atoms with Crippen LogP contribution in [-0.2, 0) is 5.41 Å². The van der Waals surface area contributed by atoms with Crippen LogP contribution in [0.3, 0.4) is 0 Å². The van der Waals surface area contributed by atoms with E-state index in [2.05, 4.69) is 20.8 Å². The Morgan fingerprint density at radius 3 is 2.50 bits per heavy atom. The topological polar surface area (TPSA) is 80.0 Å². The fourth-order valence-electron chi connectivity index (χ4n) is 1.46. The Hall–Kier alpha value is -1.89. The number of aromatic nitrogens is 2. The molecule has 0 saturated heterocycles. The average molecular weight is 294 g/mol. The van der Waals surface area contributed by atoms with Crippen LogP contribution in [0.4, 0.5) is 15.7 Å². The summed E-state index contributed by atoms with van der Waals surface area (Å²) in [5, 5.41) is 9.69. The minimum Gasteiger partial charge on any atom is -0.359 e. The molecular weight excluding hydrogens is 276 g/mol. The van der Waals surface area contributed by atoms with Crippen molar-refractivity contribution in [1.82, 2.24) is 10.1 Å². The SMILES string of the molecule is Cc1nc(NC(=O)Nc2cc(C(C)(C)C)on2)sc1C. The molecular formula is C13H18N4O2S. The van der Waals surface area contributed by atoms with Crippen molar-refractivity contribution in [3.05, 3.63) is 22.4 Å². The van der Waals surface area contributed by atoms with Crippen LogP contribution in [0.1, 0.15) is 37.1 Å². The first-order valence-electron chi connectivity index (χ1n) is 6.25. The Balaban J connectivity index is 1.99. The molecule has 2 amide bonds. The van der Waals surface area contributed by atoms with Gasteiger partial charge in [-0.25, -0.2) is 9.78 Å². The number of hydrogen-bond acceptors (Lipinski definition) is 5. The first-order valence-corrected chi connectivity index (χ1v) is 7.06. The number of aryl methyl sites for hydroxylation is 2. The van der Waals surface area contributed by atoms with Crippen LogP contribution in [-0.4, -0.2) is 16.2 Å². The lowest BCUT2D eigenvalue weighted by Gasteiger charge is -2.11. The van der Waals surface area contributed by atoms with Gasteiger partial charge in [0, 0.05) is 16.4 Å². The van der Waals surface area contributed by atoms with Gasteiger partial charge in [0.05, 0.1) is 5.69 Å². The van der Waals surface area contributed by atoms with Gasteiger partial charge in [-0.15, -0.1) is 11.3 Å². The maximum Gasteiger partial charge on any atom is 0.326 e. The molecule has 20 heavy (non-hydrogen) atoms. The zero-order valence-corrected chi connectivity index (χ0v) is 13.0. The molecule has 108 valence electrons. The predicted octanol–water partition coefficient (Wildman–Crippen LogP) is 3.69. The van der Waals surface area contributed by atoms with Crippen molar-refractivity contribution in [2.24, 2.45) is 0 Å². The number of hydrogen-bond donors (Lipinski definition) is 2. The number of rotatable bonds is 2. The van der Waals surface area contributed by atoms with E-state index >= 15 is 0 Å².